The van der Waals surface area contributed by atoms with Gasteiger partial charge in [-0.15, -0.1) is 0 Å². The molecule has 2 aliphatic heterocycles. The molecule has 0 unspecified atom stereocenters. The molecule has 0 N–H and O–H groups in total. The second kappa shape index (κ2) is 9.14. The van der Waals surface area contributed by atoms with Gasteiger partial charge in [0.1, 0.15) is 5.75 Å². The van der Waals surface area contributed by atoms with E-state index >= 15 is 0 Å². The van der Waals surface area contributed by atoms with Crippen LogP contribution in [-0.2, 0) is 9.59 Å². The van der Waals surface area contributed by atoms with Crippen LogP contribution in [0.15, 0.2) is 24.3 Å². The fraction of sp³-hybridized carbons (Fsp3) is 0.619. The van der Waals surface area contributed by atoms with Gasteiger partial charge in [-0.3, -0.25) is 14.5 Å². The minimum absolute atomic E-state index is 0.00550. The summed E-state index contributed by atoms with van der Waals surface area (Å²) in [4.78, 5) is 30.8. The SMILES string of the molecule is CN(C)C(=O)CN1CCC[C@]12CCCN(C(=O)COc1cccc(Cl)c1)CC2. The van der Waals surface area contributed by atoms with Gasteiger partial charge in [0.2, 0.25) is 5.91 Å². The maximum atomic E-state index is 12.7. The van der Waals surface area contributed by atoms with Crippen LogP contribution in [0.4, 0.5) is 0 Å². The first kappa shape index (κ1) is 20.9. The zero-order chi connectivity index (χ0) is 20.1. The van der Waals surface area contributed by atoms with Gasteiger partial charge in [0, 0.05) is 37.7 Å². The van der Waals surface area contributed by atoms with Gasteiger partial charge in [-0.05, 0) is 56.8 Å². The first-order valence-electron chi connectivity index (χ1n) is 10.0. The molecule has 0 aliphatic carbocycles. The highest BCUT2D eigenvalue weighted by Crippen LogP contribution is 2.38. The molecule has 0 saturated carbocycles. The molecule has 3 rings (SSSR count). The van der Waals surface area contributed by atoms with Crippen molar-refractivity contribution >= 4 is 23.4 Å². The number of likely N-dealkylation sites (N-methyl/N-ethyl adjacent to an activating group) is 1. The Morgan fingerprint density at radius 3 is 2.61 bits per heavy atom. The Balaban J connectivity index is 1.56. The van der Waals surface area contributed by atoms with Gasteiger partial charge in [-0.25, -0.2) is 0 Å². The fourth-order valence-corrected chi connectivity index (χ4v) is 4.51. The summed E-state index contributed by atoms with van der Waals surface area (Å²) in [5.74, 6) is 0.760. The van der Waals surface area contributed by atoms with Gasteiger partial charge in [-0.2, -0.15) is 0 Å². The van der Waals surface area contributed by atoms with Crippen LogP contribution in [0.5, 0.6) is 5.75 Å². The molecule has 2 saturated heterocycles. The molecular formula is C21H30ClN3O3. The second-order valence-electron chi connectivity index (χ2n) is 8.02. The van der Waals surface area contributed by atoms with Crippen molar-refractivity contribution in [3.63, 3.8) is 0 Å². The van der Waals surface area contributed by atoms with Crippen LogP contribution in [0.2, 0.25) is 5.02 Å². The van der Waals surface area contributed by atoms with Gasteiger partial charge in [0.05, 0.1) is 6.54 Å². The van der Waals surface area contributed by atoms with Gasteiger partial charge >= 0.3 is 0 Å². The topological polar surface area (TPSA) is 53.1 Å². The summed E-state index contributed by atoms with van der Waals surface area (Å²) in [7, 11) is 3.61. The van der Waals surface area contributed by atoms with Gasteiger partial charge in [0.25, 0.3) is 5.91 Å². The standard InChI is InChI=1S/C21H30ClN3O3/c1-23(2)19(26)15-25-12-5-9-21(25)8-4-11-24(13-10-21)20(27)16-28-18-7-3-6-17(22)14-18/h3,6-7,14H,4-5,8-13,15-16H2,1-2H3/t21-/m0/s1. The van der Waals surface area contributed by atoms with Crippen molar-refractivity contribution in [2.75, 3.05) is 46.9 Å². The van der Waals surface area contributed by atoms with E-state index in [0.717, 1.165) is 45.2 Å². The number of hydrogen-bond acceptors (Lipinski definition) is 4. The number of likely N-dealkylation sites (tertiary alicyclic amines) is 2. The Hall–Kier alpha value is -1.79. The van der Waals surface area contributed by atoms with Crippen LogP contribution < -0.4 is 4.74 Å². The highest BCUT2D eigenvalue weighted by molar-refractivity contribution is 6.30. The average Bonchev–Trinajstić information content (AvgIpc) is 2.91. The number of ether oxygens (including phenoxy) is 1. The maximum Gasteiger partial charge on any atom is 0.260 e. The molecule has 1 atom stereocenters. The molecule has 1 aromatic rings. The lowest BCUT2D eigenvalue weighted by Gasteiger charge is -2.38. The van der Waals surface area contributed by atoms with Crippen molar-refractivity contribution in [1.29, 1.82) is 0 Å². The first-order valence-corrected chi connectivity index (χ1v) is 10.4. The van der Waals surface area contributed by atoms with E-state index in [1.165, 1.54) is 0 Å². The summed E-state index contributed by atoms with van der Waals surface area (Å²) in [5, 5.41) is 0.593. The quantitative estimate of drug-likeness (QED) is 0.753. The summed E-state index contributed by atoms with van der Waals surface area (Å²) in [5.41, 5.74) is 0.0501. The number of amides is 2. The lowest BCUT2D eigenvalue weighted by molar-refractivity contribution is -0.134. The van der Waals surface area contributed by atoms with E-state index in [-0.39, 0.29) is 24.0 Å². The normalized spacial score (nSPS) is 22.9. The molecule has 0 aromatic heterocycles. The lowest BCUT2D eigenvalue weighted by atomic mass is 9.87. The first-order chi connectivity index (χ1) is 13.4. The van der Waals surface area contributed by atoms with Gasteiger partial charge < -0.3 is 14.5 Å². The number of hydrogen-bond donors (Lipinski definition) is 0. The van der Waals surface area contributed by atoms with E-state index in [0.29, 0.717) is 23.9 Å². The molecule has 0 radical (unpaired) electrons. The Kier molecular flexibility index (Phi) is 6.83. The molecule has 28 heavy (non-hydrogen) atoms. The third-order valence-electron chi connectivity index (χ3n) is 5.99. The highest BCUT2D eigenvalue weighted by Gasteiger charge is 2.42. The summed E-state index contributed by atoms with van der Waals surface area (Å²) in [6.07, 6.45) is 5.13. The molecule has 2 amide bonds. The van der Waals surface area contributed by atoms with Crippen molar-refractivity contribution in [3.8, 4) is 5.75 Å². The largest absolute Gasteiger partial charge is 0.484 e. The summed E-state index contributed by atoms with van der Waals surface area (Å²) in [6.45, 7) is 2.92. The molecule has 2 heterocycles. The van der Waals surface area contributed by atoms with E-state index in [9.17, 15) is 9.59 Å². The van der Waals surface area contributed by atoms with Crippen LogP contribution in [-0.4, -0.2) is 78.9 Å². The van der Waals surface area contributed by atoms with Crippen molar-refractivity contribution in [2.45, 2.75) is 37.6 Å². The van der Waals surface area contributed by atoms with Crippen molar-refractivity contribution in [3.05, 3.63) is 29.3 Å². The summed E-state index contributed by atoms with van der Waals surface area (Å²) >= 11 is 5.96. The third-order valence-corrected chi connectivity index (χ3v) is 6.23. The molecule has 1 spiro atoms. The van der Waals surface area contributed by atoms with E-state index in [1.807, 2.05) is 11.0 Å². The molecule has 2 fully saturated rings. The highest BCUT2D eigenvalue weighted by atomic mass is 35.5. The lowest BCUT2D eigenvalue weighted by Crippen LogP contribution is -2.49. The van der Waals surface area contributed by atoms with Gasteiger partial charge in [-0.1, -0.05) is 17.7 Å². The zero-order valence-electron chi connectivity index (χ0n) is 16.8. The number of carbonyl (C=O) groups is 2. The molecule has 2 aliphatic rings. The Morgan fingerprint density at radius 1 is 1.14 bits per heavy atom. The van der Waals surface area contributed by atoms with Crippen LogP contribution in [0, 0.1) is 0 Å². The predicted molar refractivity (Wildman–Crippen MR) is 110 cm³/mol. The number of carbonyl (C=O) groups excluding carboxylic acids is 2. The Bertz CT molecular complexity index is 712. The molecule has 7 heteroatoms. The predicted octanol–water partition coefficient (Wildman–Crippen LogP) is 2.65. The monoisotopic (exact) mass is 407 g/mol. The minimum atomic E-state index is 0.00550. The molecular weight excluding hydrogens is 378 g/mol. The minimum Gasteiger partial charge on any atom is -0.484 e. The average molecular weight is 408 g/mol. The number of nitrogens with zero attached hydrogens (tertiary/aromatic N) is 3. The molecule has 1 aromatic carbocycles. The van der Waals surface area contributed by atoms with Crippen molar-refractivity contribution in [1.82, 2.24) is 14.7 Å². The summed E-state index contributed by atoms with van der Waals surface area (Å²) < 4.78 is 5.62. The zero-order valence-corrected chi connectivity index (χ0v) is 17.6. The van der Waals surface area contributed by atoms with E-state index < -0.39 is 0 Å². The molecule has 6 nitrogen and oxygen atoms in total. The van der Waals surface area contributed by atoms with E-state index in [4.69, 9.17) is 16.3 Å². The van der Waals surface area contributed by atoms with Crippen LogP contribution in [0.3, 0.4) is 0 Å². The number of rotatable bonds is 5. The number of benzene rings is 1. The second-order valence-corrected chi connectivity index (χ2v) is 8.45. The van der Waals surface area contributed by atoms with Crippen LogP contribution >= 0.6 is 11.6 Å². The summed E-state index contributed by atoms with van der Waals surface area (Å²) in [6, 6.07) is 7.10. The Labute approximate surface area is 172 Å². The van der Waals surface area contributed by atoms with Crippen LogP contribution in [0.25, 0.3) is 0 Å². The van der Waals surface area contributed by atoms with E-state index in [1.54, 1.807) is 37.2 Å². The Morgan fingerprint density at radius 2 is 1.89 bits per heavy atom. The number of halogens is 1. The van der Waals surface area contributed by atoms with Crippen molar-refractivity contribution in [2.24, 2.45) is 0 Å². The van der Waals surface area contributed by atoms with Gasteiger partial charge in [0.15, 0.2) is 6.61 Å². The molecule has 0 bridgehead atoms. The smallest absolute Gasteiger partial charge is 0.260 e. The maximum absolute atomic E-state index is 12.7. The third kappa shape index (κ3) is 4.97. The van der Waals surface area contributed by atoms with Crippen LogP contribution in [0.1, 0.15) is 32.1 Å². The van der Waals surface area contributed by atoms with Crippen molar-refractivity contribution < 1.29 is 14.3 Å². The molecule has 154 valence electrons. The fourth-order valence-electron chi connectivity index (χ4n) is 4.33. The van der Waals surface area contributed by atoms with E-state index in [2.05, 4.69) is 4.90 Å².